The standard InChI is InChI=1S/C22H28N2O3S/c1-16-9-12-20(13-10-16)28(26,27)24-21-14-11-18(15-17(21)2)22(25)23-19-7-5-3-4-6-8-19/h9-15,19,24H,3-8H2,1-2H3,(H,23,25). The molecule has 0 radical (unpaired) electrons. The number of sulfonamides is 1. The zero-order chi connectivity index (χ0) is 20.1. The first-order chi connectivity index (χ1) is 13.3. The molecule has 1 aliphatic rings. The van der Waals surface area contributed by atoms with Gasteiger partial charge in [-0.25, -0.2) is 8.42 Å². The first kappa shape index (κ1) is 20.4. The lowest BCUT2D eigenvalue weighted by molar-refractivity contribution is 0.0933. The zero-order valence-electron chi connectivity index (χ0n) is 16.5. The molecular weight excluding hydrogens is 372 g/mol. The normalized spacial score (nSPS) is 15.6. The van der Waals surface area contributed by atoms with E-state index in [1.807, 2.05) is 6.92 Å². The molecule has 0 bridgehead atoms. The van der Waals surface area contributed by atoms with Gasteiger partial charge in [-0.05, 0) is 62.6 Å². The Morgan fingerprint density at radius 1 is 0.929 bits per heavy atom. The third-order valence-electron chi connectivity index (χ3n) is 5.25. The molecule has 6 heteroatoms. The minimum absolute atomic E-state index is 0.0945. The Hall–Kier alpha value is -2.34. The van der Waals surface area contributed by atoms with E-state index < -0.39 is 10.0 Å². The summed E-state index contributed by atoms with van der Waals surface area (Å²) in [5.41, 5.74) is 2.75. The number of carbonyl (C=O) groups is 1. The van der Waals surface area contributed by atoms with Crippen molar-refractivity contribution in [1.29, 1.82) is 0 Å². The van der Waals surface area contributed by atoms with Crippen molar-refractivity contribution < 1.29 is 13.2 Å². The summed E-state index contributed by atoms with van der Waals surface area (Å²) in [6.45, 7) is 3.71. The Morgan fingerprint density at radius 2 is 1.57 bits per heavy atom. The van der Waals surface area contributed by atoms with Gasteiger partial charge < -0.3 is 5.32 Å². The van der Waals surface area contributed by atoms with E-state index in [1.165, 1.54) is 12.8 Å². The van der Waals surface area contributed by atoms with Crippen LogP contribution >= 0.6 is 0 Å². The smallest absolute Gasteiger partial charge is 0.261 e. The summed E-state index contributed by atoms with van der Waals surface area (Å²) >= 11 is 0. The molecule has 2 N–H and O–H groups in total. The summed E-state index contributed by atoms with van der Waals surface area (Å²) in [6, 6.07) is 12.0. The lowest BCUT2D eigenvalue weighted by atomic mass is 10.1. The summed E-state index contributed by atoms with van der Waals surface area (Å²) in [7, 11) is -3.66. The minimum atomic E-state index is -3.66. The number of carbonyl (C=O) groups excluding carboxylic acids is 1. The third kappa shape index (κ3) is 5.13. The maximum atomic E-state index is 12.6. The highest BCUT2D eigenvalue weighted by atomic mass is 32.2. The molecule has 0 spiro atoms. The average Bonchev–Trinajstić information content (AvgIpc) is 2.92. The van der Waals surface area contributed by atoms with E-state index in [4.69, 9.17) is 0 Å². The van der Waals surface area contributed by atoms with Gasteiger partial charge in [-0.2, -0.15) is 0 Å². The number of benzene rings is 2. The van der Waals surface area contributed by atoms with E-state index in [0.717, 1.165) is 31.2 Å². The van der Waals surface area contributed by atoms with Gasteiger partial charge in [0.15, 0.2) is 0 Å². The average molecular weight is 401 g/mol. The van der Waals surface area contributed by atoms with Crippen LogP contribution in [-0.2, 0) is 10.0 Å². The maximum absolute atomic E-state index is 12.6. The first-order valence-electron chi connectivity index (χ1n) is 9.86. The monoisotopic (exact) mass is 400 g/mol. The molecule has 3 rings (SSSR count). The van der Waals surface area contributed by atoms with Gasteiger partial charge in [0.1, 0.15) is 0 Å². The summed E-state index contributed by atoms with van der Waals surface area (Å²) in [5.74, 6) is -0.0945. The molecule has 0 atom stereocenters. The lowest BCUT2D eigenvalue weighted by Crippen LogP contribution is -2.34. The molecule has 0 aliphatic heterocycles. The predicted octanol–water partition coefficient (Wildman–Crippen LogP) is 4.56. The van der Waals surface area contributed by atoms with Crippen LogP contribution in [0.3, 0.4) is 0 Å². The van der Waals surface area contributed by atoms with Crippen LogP contribution in [0.2, 0.25) is 0 Å². The summed E-state index contributed by atoms with van der Waals surface area (Å²) in [5, 5.41) is 3.12. The molecule has 0 unspecified atom stereocenters. The van der Waals surface area contributed by atoms with E-state index >= 15 is 0 Å². The van der Waals surface area contributed by atoms with Crippen molar-refractivity contribution in [2.75, 3.05) is 4.72 Å². The zero-order valence-corrected chi connectivity index (χ0v) is 17.3. The van der Waals surface area contributed by atoms with Gasteiger partial charge >= 0.3 is 0 Å². The van der Waals surface area contributed by atoms with Crippen LogP contribution in [0, 0.1) is 13.8 Å². The lowest BCUT2D eigenvalue weighted by Gasteiger charge is -2.17. The van der Waals surface area contributed by atoms with Crippen LogP contribution in [0.1, 0.15) is 60.0 Å². The summed E-state index contributed by atoms with van der Waals surface area (Å²) in [4.78, 5) is 12.8. The van der Waals surface area contributed by atoms with Crippen molar-refractivity contribution in [1.82, 2.24) is 5.32 Å². The Morgan fingerprint density at radius 3 is 2.18 bits per heavy atom. The SMILES string of the molecule is Cc1ccc(S(=O)(=O)Nc2ccc(C(=O)NC3CCCCCC3)cc2C)cc1. The fourth-order valence-electron chi connectivity index (χ4n) is 3.53. The molecule has 1 amide bonds. The van der Waals surface area contributed by atoms with Crippen LogP contribution in [0.5, 0.6) is 0 Å². The van der Waals surface area contributed by atoms with Crippen molar-refractivity contribution in [3.8, 4) is 0 Å². The number of nitrogens with one attached hydrogen (secondary N) is 2. The van der Waals surface area contributed by atoms with Crippen LogP contribution in [0.4, 0.5) is 5.69 Å². The fourth-order valence-corrected chi connectivity index (χ4v) is 4.66. The van der Waals surface area contributed by atoms with Gasteiger partial charge in [-0.1, -0.05) is 43.4 Å². The van der Waals surface area contributed by atoms with Gasteiger partial charge in [0.05, 0.1) is 10.6 Å². The quantitative estimate of drug-likeness (QED) is 0.723. The Balaban J connectivity index is 1.71. The minimum Gasteiger partial charge on any atom is -0.349 e. The molecule has 2 aromatic rings. The Bertz CT molecular complexity index is 929. The number of anilines is 1. The van der Waals surface area contributed by atoms with Gasteiger partial charge in [0.2, 0.25) is 0 Å². The highest BCUT2D eigenvalue weighted by Crippen LogP contribution is 2.22. The molecule has 150 valence electrons. The molecule has 1 saturated carbocycles. The fraction of sp³-hybridized carbons (Fsp3) is 0.409. The van der Waals surface area contributed by atoms with Crippen LogP contribution in [-0.4, -0.2) is 20.4 Å². The molecule has 0 saturated heterocycles. The Kier molecular flexibility index (Phi) is 6.39. The highest BCUT2D eigenvalue weighted by Gasteiger charge is 2.18. The van der Waals surface area contributed by atoms with Crippen molar-refractivity contribution in [3.05, 3.63) is 59.2 Å². The van der Waals surface area contributed by atoms with Crippen molar-refractivity contribution in [2.45, 2.75) is 63.3 Å². The molecule has 2 aromatic carbocycles. The predicted molar refractivity (Wildman–Crippen MR) is 112 cm³/mol. The molecule has 1 fully saturated rings. The van der Waals surface area contributed by atoms with Crippen molar-refractivity contribution in [2.24, 2.45) is 0 Å². The molecule has 1 aliphatic carbocycles. The molecular formula is C22H28N2O3S. The molecule has 28 heavy (non-hydrogen) atoms. The van der Waals surface area contributed by atoms with Gasteiger partial charge in [-0.15, -0.1) is 0 Å². The summed E-state index contributed by atoms with van der Waals surface area (Å²) in [6.07, 6.45) is 6.84. The number of aryl methyl sites for hydroxylation is 2. The number of hydrogen-bond donors (Lipinski definition) is 2. The first-order valence-corrected chi connectivity index (χ1v) is 11.3. The van der Waals surface area contributed by atoms with Gasteiger partial charge in [0.25, 0.3) is 15.9 Å². The van der Waals surface area contributed by atoms with E-state index in [-0.39, 0.29) is 16.8 Å². The molecule has 0 heterocycles. The van der Waals surface area contributed by atoms with E-state index in [9.17, 15) is 13.2 Å². The molecule has 5 nitrogen and oxygen atoms in total. The Labute approximate surface area is 167 Å². The second kappa shape index (κ2) is 8.78. The number of hydrogen-bond acceptors (Lipinski definition) is 3. The van der Waals surface area contributed by atoms with Gasteiger partial charge in [0, 0.05) is 11.6 Å². The maximum Gasteiger partial charge on any atom is 0.261 e. The van der Waals surface area contributed by atoms with Gasteiger partial charge in [-0.3, -0.25) is 9.52 Å². The van der Waals surface area contributed by atoms with Crippen molar-refractivity contribution >= 4 is 21.6 Å². The topological polar surface area (TPSA) is 75.3 Å². The van der Waals surface area contributed by atoms with Crippen LogP contribution in [0.25, 0.3) is 0 Å². The second-order valence-electron chi connectivity index (χ2n) is 7.61. The molecule has 0 aromatic heterocycles. The van der Waals surface area contributed by atoms with Crippen LogP contribution < -0.4 is 10.0 Å². The number of rotatable bonds is 5. The van der Waals surface area contributed by atoms with E-state index in [0.29, 0.717) is 16.8 Å². The third-order valence-corrected chi connectivity index (χ3v) is 6.64. The largest absolute Gasteiger partial charge is 0.349 e. The number of amides is 1. The van der Waals surface area contributed by atoms with Crippen molar-refractivity contribution in [3.63, 3.8) is 0 Å². The highest BCUT2D eigenvalue weighted by molar-refractivity contribution is 7.92. The summed E-state index contributed by atoms with van der Waals surface area (Å²) < 4.78 is 27.8. The second-order valence-corrected chi connectivity index (χ2v) is 9.29. The van der Waals surface area contributed by atoms with E-state index in [1.54, 1.807) is 49.4 Å². The van der Waals surface area contributed by atoms with E-state index in [2.05, 4.69) is 10.0 Å². The van der Waals surface area contributed by atoms with Crippen LogP contribution in [0.15, 0.2) is 47.4 Å².